The largest absolute Gasteiger partial charge is 0.305 e. The van der Waals surface area contributed by atoms with E-state index in [1.165, 1.54) is 0 Å². The standard InChI is InChI=1S/C18H18ClN3O/c1-12-6-5-9-17-21-14(10-18(23)22(12)17)11-20-13(2)15-7-3-4-8-16(15)19/h3-10,13,20H,11H2,1-2H3/t13-/m1/s1. The van der Waals surface area contributed by atoms with Crippen molar-refractivity contribution < 1.29 is 0 Å². The molecule has 2 heterocycles. The number of nitrogens with one attached hydrogen (secondary N) is 1. The molecule has 0 aliphatic rings. The molecule has 0 aliphatic carbocycles. The lowest BCUT2D eigenvalue weighted by Gasteiger charge is -2.15. The minimum atomic E-state index is -0.0599. The summed E-state index contributed by atoms with van der Waals surface area (Å²) in [7, 11) is 0. The van der Waals surface area contributed by atoms with Crippen LogP contribution in [0.2, 0.25) is 5.02 Å². The van der Waals surface area contributed by atoms with E-state index in [4.69, 9.17) is 11.6 Å². The van der Waals surface area contributed by atoms with E-state index in [0.29, 0.717) is 12.2 Å². The van der Waals surface area contributed by atoms with Crippen LogP contribution in [0.1, 0.15) is 29.9 Å². The summed E-state index contributed by atoms with van der Waals surface area (Å²) in [5.74, 6) is 0. The molecule has 0 bridgehead atoms. The van der Waals surface area contributed by atoms with Gasteiger partial charge in [0.05, 0.1) is 5.69 Å². The maximum absolute atomic E-state index is 12.3. The lowest BCUT2D eigenvalue weighted by Crippen LogP contribution is -2.23. The third kappa shape index (κ3) is 3.28. The van der Waals surface area contributed by atoms with Crippen molar-refractivity contribution in [3.8, 4) is 0 Å². The third-order valence-corrected chi connectivity index (χ3v) is 4.24. The molecule has 1 aromatic carbocycles. The van der Waals surface area contributed by atoms with Gasteiger partial charge in [-0.3, -0.25) is 9.20 Å². The van der Waals surface area contributed by atoms with E-state index in [2.05, 4.69) is 10.3 Å². The molecule has 3 aromatic rings. The van der Waals surface area contributed by atoms with E-state index in [-0.39, 0.29) is 11.6 Å². The molecule has 1 atom stereocenters. The van der Waals surface area contributed by atoms with Crippen LogP contribution in [0.5, 0.6) is 0 Å². The summed E-state index contributed by atoms with van der Waals surface area (Å²) in [5, 5.41) is 4.10. The predicted molar refractivity (Wildman–Crippen MR) is 92.9 cm³/mol. The molecule has 23 heavy (non-hydrogen) atoms. The van der Waals surface area contributed by atoms with E-state index < -0.39 is 0 Å². The van der Waals surface area contributed by atoms with Crippen molar-refractivity contribution in [1.82, 2.24) is 14.7 Å². The predicted octanol–water partition coefficient (Wildman–Crippen LogP) is 3.51. The summed E-state index contributed by atoms with van der Waals surface area (Å²) in [4.78, 5) is 16.8. The smallest absolute Gasteiger partial charge is 0.258 e. The molecule has 0 saturated carbocycles. The van der Waals surface area contributed by atoms with Crippen molar-refractivity contribution in [2.45, 2.75) is 26.4 Å². The molecular formula is C18H18ClN3O. The molecule has 0 radical (unpaired) electrons. The SMILES string of the molecule is Cc1cccc2nc(CN[C@H](C)c3ccccc3Cl)cc(=O)n12. The molecule has 0 aliphatic heterocycles. The second-order valence-electron chi connectivity index (χ2n) is 5.57. The van der Waals surface area contributed by atoms with E-state index >= 15 is 0 Å². The van der Waals surface area contributed by atoms with Crippen LogP contribution in [0, 0.1) is 6.92 Å². The van der Waals surface area contributed by atoms with Crippen LogP contribution in [-0.4, -0.2) is 9.38 Å². The third-order valence-electron chi connectivity index (χ3n) is 3.89. The van der Waals surface area contributed by atoms with Crippen molar-refractivity contribution in [2.24, 2.45) is 0 Å². The molecule has 5 heteroatoms. The van der Waals surface area contributed by atoms with Crippen LogP contribution in [0.3, 0.4) is 0 Å². The fraction of sp³-hybridized carbons (Fsp3) is 0.222. The molecule has 0 fully saturated rings. The van der Waals surface area contributed by atoms with Gasteiger partial charge in [0.2, 0.25) is 0 Å². The Morgan fingerprint density at radius 2 is 2.00 bits per heavy atom. The molecular weight excluding hydrogens is 310 g/mol. The van der Waals surface area contributed by atoms with Crippen LogP contribution in [0.4, 0.5) is 0 Å². The fourth-order valence-corrected chi connectivity index (χ4v) is 2.95. The highest BCUT2D eigenvalue weighted by Crippen LogP contribution is 2.22. The molecule has 1 N–H and O–H groups in total. The van der Waals surface area contributed by atoms with Crippen molar-refractivity contribution in [2.75, 3.05) is 0 Å². The van der Waals surface area contributed by atoms with Gasteiger partial charge in [0.15, 0.2) is 0 Å². The fourth-order valence-electron chi connectivity index (χ4n) is 2.65. The summed E-state index contributed by atoms with van der Waals surface area (Å²) in [6.45, 7) is 4.44. The number of halogens is 1. The van der Waals surface area contributed by atoms with Gasteiger partial charge in [0.25, 0.3) is 5.56 Å². The number of rotatable bonds is 4. The summed E-state index contributed by atoms with van der Waals surface area (Å²) in [6.07, 6.45) is 0. The Kier molecular flexibility index (Phi) is 4.46. The maximum Gasteiger partial charge on any atom is 0.258 e. The van der Waals surface area contributed by atoms with Gasteiger partial charge >= 0.3 is 0 Å². The summed E-state index contributed by atoms with van der Waals surface area (Å²) in [6, 6.07) is 15.0. The van der Waals surface area contributed by atoms with Gasteiger partial charge in [0.1, 0.15) is 5.65 Å². The highest BCUT2D eigenvalue weighted by Gasteiger charge is 2.10. The minimum absolute atomic E-state index is 0.0599. The number of aryl methyl sites for hydroxylation is 1. The molecule has 0 amide bonds. The zero-order valence-corrected chi connectivity index (χ0v) is 13.8. The topological polar surface area (TPSA) is 46.4 Å². The van der Waals surface area contributed by atoms with Crippen LogP contribution in [-0.2, 0) is 6.54 Å². The van der Waals surface area contributed by atoms with Crippen molar-refractivity contribution in [1.29, 1.82) is 0 Å². The second kappa shape index (κ2) is 6.52. The average Bonchev–Trinajstić information content (AvgIpc) is 2.53. The van der Waals surface area contributed by atoms with Crippen LogP contribution in [0.25, 0.3) is 5.65 Å². The number of aromatic nitrogens is 2. The van der Waals surface area contributed by atoms with Gasteiger partial charge in [-0.25, -0.2) is 4.98 Å². The highest BCUT2D eigenvalue weighted by atomic mass is 35.5. The average molecular weight is 328 g/mol. The second-order valence-corrected chi connectivity index (χ2v) is 5.98. The molecule has 2 aromatic heterocycles. The van der Waals surface area contributed by atoms with Crippen molar-refractivity contribution in [3.63, 3.8) is 0 Å². The number of pyridine rings is 1. The molecule has 0 unspecified atom stereocenters. The molecule has 4 nitrogen and oxygen atoms in total. The number of benzene rings is 1. The quantitative estimate of drug-likeness (QED) is 0.797. The zero-order chi connectivity index (χ0) is 16.4. The van der Waals surface area contributed by atoms with Gasteiger partial charge in [-0.05, 0) is 37.6 Å². The van der Waals surface area contributed by atoms with E-state index in [1.54, 1.807) is 10.5 Å². The van der Waals surface area contributed by atoms with E-state index in [1.807, 2.05) is 56.3 Å². The molecule has 3 rings (SSSR count). The Labute approximate surface area is 139 Å². The lowest BCUT2D eigenvalue weighted by atomic mass is 10.1. The summed E-state index contributed by atoms with van der Waals surface area (Å²) >= 11 is 6.21. The van der Waals surface area contributed by atoms with Crippen LogP contribution >= 0.6 is 11.6 Å². The number of fused-ring (bicyclic) bond motifs is 1. The van der Waals surface area contributed by atoms with E-state index in [0.717, 1.165) is 22.0 Å². The Morgan fingerprint density at radius 3 is 2.78 bits per heavy atom. The monoisotopic (exact) mass is 327 g/mol. The zero-order valence-electron chi connectivity index (χ0n) is 13.1. The van der Waals surface area contributed by atoms with Gasteiger partial charge in [-0.15, -0.1) is 0 Å². The van der Waals surface area contributed by atoms with E-state index in [9.17, 15) is 4.79 Å². The molecule has 0 saturated heterocycles. The van der Waals surface area contributed by atoms with Crippen molar-refractivity contribution >= 4 is 17.2 Å². The maximum atomic E-state index is 12.3. The van der Waals surface area contributed by atoms with Gasteiger partial charge in [-0.2, -0.15) is 0 Å². The highest BCUT2D eigenvalue weighted by molar-refractivity contribution is 6.31. The molecule has 118 valence electrons. The first kappa shape index (κ1) is 15.7. The summed E-state index contributed by atoms with van der Waals surface area (Å²) < 4.78 is 1.61. The first-order valence-corrected chi connectivity index (χ1v) is 7.90. The normalized spacial score (nSPS) is 12.5. The first-order chi connectivity index (χ1) is 11.1. The van der Waals surface area contributed by atoms with Crippen LogP contribution < -0.4 is 10.9 Å². The van der Waals surface area contributed by atoms with Gasteiger partial charge in [-0.1, -0.05) is 35.9 Å². The number of nitrogens with zero attached hydrogens (tertiary/aromatic N) is 2. The number of hydrogen-bond acceptors (Lipinski definition) is 3. The first-order valence-electron chi connectivity index (χ1n) is 7.52. The number of hydrogen-bond donors (Lipinski definition) is 1. The van der Waals surface area contributed by atoms with Crippen molar-refractivity contribution in [3.05, 3.63) is 80.9 Å². The van der Waals surface area contributed by atoms with Gasteiger partial charge < -0.3 is 5.32 Å². The minimum Gasteiger partial charge on any atom is -0.305 e. The van der Waals surface area contributed by atoms with Gasteiger partial charge in [0, 0.05) is 29.4 Å². The van der Waals surface area contributed by atoms with Crippen LogP contribution in [0.15, 0.2) is 53.3 Å². The Balaban J connectivity index is 1.83. The lowest BCUT2D eigenvalue weighted by molar-refractivity contribution is 0.567. The Morgan fingerprint density at radius 1 is 1.22 bits per heavy atom. The summed E-state index contributed by atoms with van der Waals surface area (Å²) in [5.41, 5.74) is 3.24. The molecule has 0 spiro atoms. The Hall–Kier alpha value is -2.17. The Bertz CT molecular complexity index is 904.